The van der Waals surface area contributed by atoms with Crippen molar-refractivity contribution in [1.29, 1.82) is 5.26 Å². The highest BCUT2D eigenvalue weighted by atomic mass is 32.2. The molecule has 0 unspecified atom stereocenters. The van der Waals surface area contributed by atoms with Gasteiger partial charge in [-0.15, -0.1) is 22.7 Å². The highest BCUT2D eigenvalue weighted by Crippen LogP contribution is 2.34. The molecule has 4 heterocycles. The number of benzene rings is 1. The van der Waals surface area contributed by atoms with Gasteiger partial charge in [-0.3, -0.25) is 14.2 Å². The smallest absolute Gasteiger partial charge is 0.263 e. The van der Waals surface area contributed by atoms with E-state index in [1.807, 2.05) is 35.0 Å². The van der Waals surface area contributed by atoms with E-state index in [4.69, 9.17) is 4.42 Å². The van der Waals surface area contributed by atoms with Crippen molar-refractivity contribution in [3.8, 4) is 16.5 Å². The molecule has 7 nitrogen and oxygen atoms in total. The molecule has 5 aromatic rings. The van der Waals surface area contributed by atoms with Crippen molar-refractivity contribution in [3.05, 3.63) is 63.3 Å². The maximum absolute atomic E-state index is 13.0. The van der Waals surface area contributed by atoms with E-state index in [9.17, 15) is 14.9 Å². The van der Waals surface area contributed by atoms with Crippen molar-refractivity contribution in [2.24, 2.45) is 7.05 Å². The number of para-hydroxylation sites is 1. The number of nitriles is 1. The summed E-state index contributed by atoms with van der Waals surface area (Å²) in [6, 6.07) is 13.0. The van der Waals surface area contributed by atoms with Crippen molar-refractivity contribution >= 4 is 67.2 Å². The molecule has 1 N–H and O–H groups in total. The van der Waals surface area contributed by atoms with E-state index in [2.05, 4.69) is 10.3 Å². The Kier molecular flexibility index (Phi) is 5.30. The lowest BCUT2D eigenvalue weighted by atomic mass is 10.2. The number of hydrogen-bond donors (Lipinski definition) is 1. The first kappa shape index (κ1) is 20.5. The van der Waals surface area contributed by atoms with Gasteiger partial charge >= 0.3 is 0 Å². The molecule has 0 saturated carbocycles. The van der Waals surface area contributed by atoms with Gasteiger partial charge in [0.1, 0.15) is 22.2 Å². The highest BCUT2D eigenvalue weighted by molar-refractivity contribution is 7.99. The van der Waals surface area contributed by atoms with Crippen molar-refractivity contribution in [1.82, 2.24) is 9.55 Å². The van der Waals surface area contributed by atoms with E-state index in [0.29, 0.717) is 32.0 Å². The molecule has 0 spiro atoms. The second-order valence-electron chi connectivity index (χ2n) is 6.82. The Balaban J connectivity index is 1.39. The lowest BCUT2D eigenvalue weighted by Crippen LogP contribution is -2.21. The number of fused-ring (bicyclic) bond motifs is 2. The van der Waals surface area contributed by atoms with Gasteiger partial charge in [-0.1, -0.05) is 30.0 Å². The topological polar surface area (TPSA) is 101 Å². The maximum Gasteiger partial charge on any atom is 0.263 e. The van der Waals surface area contributed by atoms with Crippen molar-refractivity contribution < 1.29 is 9.21 Å². The molecule has 4 aromatic heterocycles. The molecular weight excluding hydrogens is 464 g/mol. The van der Waals surface area contributed by atoms with E-state index in [0.717, 1.165) is 10.4 Å². The largest absolute Gasteiger partial charge is 0.443 e. The quantitative estimate of drug-likeness (QED) is 0.279. The molecule has 32 heavy (non-hydrogen) atoms. The van der Waals surface area contributed by atoms with Crippen molar-refractivity contribution in [2.45, 2.75) is 5.16 Å². The summed E-state index contributed by atoms with van der Waals surface area (Å²) in [7, 11) is 1.66. The standard InChI is InChI=1S/C22H14N4O3S3/c1-26-21(28)18-13(16-7-4-8-30-16)10-31-20(18)25-22(26)32-11-17(27)24-19-12-5-2-3-6-14(12)29-15(19)9-23/h2-8,10H,11H2,1H3,(H,24,27). The number of carbonyl (C=O) groups is 1. The van der Waals surface area contributed by atoms with E-state index in [-0.39, 0.29) is 23.0 Å². The van der Waals surface area contributed by atoms with Crippen molar-refractivity contribution in [2.75, 3.05) is 11.1 Å². The third-order valence-electron chi connectivity index (χ3n) is 4.85. The fourth-order valence-corrected chi connectivity index (χ4v) is 5.92. The monoisotopic (exact) mass is 478 g/mol. The number of thiophene rings is 2. The van der Waals surface area contributed by atoms with Gasteiger partial charge in [0.05, 0.1) is 11.1 Å². The first-order valence-corrected chi connectivity index (χ1v) is 12.2. The van der Waals surface area contributed by atoms with Gasteiger partial charge in [0.2, 0.25) is 11.7 Å². The Hall–Kier alpha value is -3.39. The number of nitrogens with zero attached hydrogens (tertiary/aromatic N) is 3. The SMILES string of the molecule is Cn1c(SCC(=O)Nc2c(C#N)oc3ccccc23)nc2scc(-c3cccs3)c2c1=O. The average Bonchev–Trinajstić information content (AvgIpc) is 3.54. The van der Waals surface area contributed by atoms with Crippen LogP contribution >= 0.6 is 34.4 Å². The molecule has 10 heteroatoms. The highest BCUT2D eigenvalue weighted by Gasteiger charge is 2.19. The van der Waals surface area contributed by atoms with Crippen LogP contribution in [0.25, 0.3) is 31.6 Å². The van der Waals surface area contributed by atoms with Crippen LogP contribution in [0.1, 0.15) is 5.76 Å². The summed E-state index contributed by atoms with van der Waals surface area (Å²) in [4.78, 5) is 31.9. The van der Waals surface area contributed by atoms with Gasteiger partial charge in [-0.05, 0) is 23.6 Å². The Morgan fingerprint density at radius 1 is 1.28 bits per heavy atom. The first-order valence-electron chi connectivity index (χ1n) is 9.43. The number of nitrogens with one attached hydrogen (secondary N) is 1. The Labute approximate surface area is 193 Å². The van der Waals surface area contributed by atoms with Crippen LogP contribution in [-0.2, 0) is 11.8 Å². The number of aromatic nitrogens is 2. The number of hydrogen-bond acceptors (Lipinski definition) is 8. The summed E-state index contributed by atoms with van der Waals surface area (Å²) in [6.45, 7) is 0. The number of rotatable bonds is 5. The average molecular weight is 479 g/mol. The minimum atomic E-state index is -0.321. The van der Waals surface area contributed by atoms with E-state index in [1.54, 1.807) is 36.6 Å². The first-order chi connectivity index (χ1) is 15.6. The fourth-order valence-electron chi connectivity index (χ4n) is 3.35. The van der Waals surface area contributed by atoms with Gasteiger partial charge in [0.15, 0.2) is 5.16 Å². The number of anilines is 1. The molecule has 0 radical (unpaired) electrons. The van der Waals surface area contributed by atoms with Crippen LogP contribution in [-0.4, -0.2) is 21.2 Å². The predicted molar refractivity (Wildman–Crippen MR) is 128 cm³/mol. The molecule has 1 aromatic carbocycles. The lowest BCUT2D eigenvalue weighted by Gasteiger charge is -2.08. The van der Waals surface area contributed by atoms with Gasteiger partial charge in [-0.2, -0.15) is 5.26 Å². The summed E-state index contributed by atoms with van der Waals surface area (Å²) >= 11 is 4.16. The van der Waals surface area contributed by atoms with Crippen molar-refractivity contribution in [3.63, 3.8) is 0 Å². The van der Waals surface area contributed by atoms with E-state index >= 15 is 0 Å². The predicted octanol–water partition coefficient (Wildman–Crippen LogP) is 5.07. The Bertz CT molecular complexity index is 1570. The van der Waals surface area contributed by atoms with E-state index < -0.39 is 0 Å². The number of carbonyl (C=O) groups excluding carboxylic acids is 1. The van der Waals surface area contributed by atoms with Crippen LogP contribution in [0.15, 0.2) is 61.5 Å². The zero-order valence-corrected chi connectivity index (χ0v) is 19.1. The Morgan fingerprint density at radius 2 is 2.12 bits per heavy atom. The molecule has 0 saturated heterocycles. The van der Waals surface area contributed by atoms with Crippen LogP contribution in [0.5, 0.6) is 0 Å². The van der Waals surface area contributed by atoms with Gasteiger partial charge in [0, 0.05) is 28.3 Å². The number of furan rings is 1. The number of amides is 1. The minimum Gasteiger partial charge on any atom is -0.443 e. The molecule has 5 rings (SSSR count). The molecule has 0 atom stereocenters. The molecule has 0 aliphatic rings. The second kappa shape index (κ2) is 8.27. The summed E-state index contributed by atoms with van der Waals surface area (Å²) in [5.74, 6) is -0.242. The molecule has 1 amide bonds. The number of thioether (sulfide) groups is 1. The molecule has 158 valence electrons. The molecular formula is C22H14N4O3S3. The lowest BCUT2D eigenvalue weighted by molar-refractivity contribution is -0.113. The zero-order chi connectivity index (χ0) is 22.2. The normalized spacial score (nSPS) is 11.1. The van der Waals surface area contributed by atoms with Crippen LogP contribution < -0.4 is 10.9 Å². The van der Waals surface area contributed by atoms with Crippen LogP contribution in [0.4, 0.5) is 5.69 Å². The fraction of sp³-hybridized carbons (Fsp3) is 0.0909. The molecule has 0 aliphatic heterocycles. The summed E-state index contributed by atoms with van der Waals surface area (Å²) in [5, 5.41) is 17.7. The second-order valence-corrected chi connectivity index (χ2v) is 9.56. The summed E-state index contributed by atoms with van der Waals surface area (Å²) < 4.78 is 6.96. The third-order valence-corrected chi connectivity index (χ3v) is 7.66. The summed E-state index contributed by atoms with van der Waals surface area (Å²) in [6.07, 6.45) is 0. The van der Waals surface area contributed by atoms with Gasteiger partial charge in [0.25, 0.3) is 5.56 Å². The molecule has 0 bridgehead atoms. The zero-order valence-electron chi connectivity index (χ0n) is 16.6. The van der Waals surface area contributed by atoms with Gasteiger partial charge in [-0.25, -0.2) is 4.98 Å². The van der Waals surface area contributed by atoms with Gasteiger partial charge < -0.3 is 9.73 Å². The maximum atomic E-state index is 13.0. The van der Waals surface area contributed by atoms with Crippen LogP contribution in [0.3, 0.4) is 0 Å². The Morgan fingerprint density at radius 3 is 2.91 bits per heavy atom. The third kappa shape index (κ3) is 3.50. The van der Waals surface area contributed by atoms with Crippen LogP contribution in [0.2, 0.25) is 0 Å². The van der Waals surface area contributed by atoms with E-state index in [1.165, 1.54) is 27.7 Å². The molecule has 0 fully saturated rings. The minimum absolute atomic E-state index is 0.0271. The van der Waals surface area contributed by atoms with Crippen LogP contribution in [0, 0.1) is 11.3 Å². The molecule has 0 aliphatic carbocycles. The summed E-state index contributed by atoms with van der Waals surface area (Å²) in [5.41, 5.74) is 1.62.